The molecule has 0 saturated carbocycles. The molecule has 4 aromatic carbocycles. The van der Waals surface area contributed by atoms with Crippen molar-refractivity contribution in [2.75, 3.05) is 0 Å². The number of hydrogen-bond acceptors (Lipinski definition) is 4. The number of aliphatic hydroxyl groups is 2. The van der Waals surface area contributed by atoms with Gasteiger partial charge in [0, 0.05) is 11.1 Å². The van der Waals surface area contributed by atoms with Crippen molar-refractivity contribution in [3.05, 3.63) is 95.1 Å². The van der Waals surface area contributed by atoms with E-state index in [2.05, 4.69) is 22.8 Å². The van der Waals surface area contributed by atoms with E-state index in [1.165, 1.54) is 0 Å². The molecule has 2 atom stereocenters. The van der Waals surface area contributed by atoms with E-state index in [9.17, 15) is 15.0 Å². The minimum Gasteiger partial charge on any atom is -0.393 e. The van der Waals surface area contributed by atoms with Crippen LogP contribution in [-0.4, -0.2) is 33.3 Å². The number of amides is 1. The minimum atomic E-state index is -0.824. The van der Waals surface area contributed by atoms with Gasteiger partial charge in [-0.05, 0) is 105 Å². The zero-order chi connectivity index (χ0) is 28.4. The third-order valence-corrected chi connectivity index (χ3v) is 6.81. The molecular weight excluding hydrogens is 484 g/mol. The minimum absolute atomic E-state index is 0.130. The van der Waals surface area contributed by atoms with Crippen molar-refractivity contribution in [1.29, 1.82) is 0 Å². The molecule has 0 radical (unpaired) electrons. The largest absolute Gasteiger partial charge is 0.393 e. The summed E-state index contributed by atoms with van der Waals surface area (Å²) in [6.07, 6.45) is -0.0137. The van der Waals surface area contributed by atoms with Gasteiger partial charge in [-0.15, -0.1) is 0 Å². The molecule has 0 spiro atoms. The number of aliphatic hydroxyl groups excluding tert-OH is 2. The van der Waals surface area contributed by atoms with Gasteiger partial charge in [0.1, 0.15) is 6.23 Å². The molecule has 39 heavy (non-hydrogen) atoms. The van der Waals surface area contributed by atoms with Crippen LogP contribution in [0, 0.1) is 0 Å². The molecule has 0 aromatic heterocycles. The van der Waals surface area contributed by atoms with Gasteiger partial charge >= 0.3 is 0 Å². The fraction of sp³-hybridized carbons (Fsp3) is 0.382. The Labute approximate surface area is 232 Å². The fourth-order valence-electron chi connectivity index (χ4n) is 5.10. The smallest absolute Gasteiger partial charge is 0.252 e. The van der Waals surface area contributed by atoms with Gasteiger partial charge in [0.2, 0.25) is 0 Å². The van der Waals surface area contributed by atoms with Gasteiger partial charge in [-0.3, -0.25) is 10.1 Å². The first-order valence-corrected chi connectivity index (χ1v) is 13.8. The molecule has 1 amide bonds. The third-order valence-electron chi connectivity index (χ3n) is 6.81. The highest BCUT2D eigenvalue weighted by molar-refractivity contribution is 6.08. The van der Waals surface area contributed by atoms with Crippen LogP contribution in [0.2, 0.25) is 0 Å². The van der Waals surface area contributed by atoms with Crippen LogP contribution in [0.1, 0.15) is 81.2 Å². The van der Waals surface area contributed by atoms with Crippen LogP contribution in [0.3, 0.4) is 0 Å². The van der Waals surface area contributed by atoms with Crippen LogP contribution in [0.5, 0.6) is 0 Å². The predicted molar refractivity (Wildman–Crippen MR) is 161 cm³/mol. The summed E-state index contributed by atoms with van der Waals surface area (Å²) in [6.45, 7) is 12.0. The topological polar surface area (TPSA) is 81.6 Å². The number of carbonyl (C=O) groups excluding carboxylic acids is 1. The van der Waals surface area contributed by atoms with E-state index in [1.54, 1.807) is 0 Å². The zero-order valence-corrected chi connectivity index (χ0v) is 24.0. The van der Waals surface area contributed by atoms with Crippen molar-refractivity contribution in [3.63, 3.8) is 0 Å². The average molecular weight is 527 g/mol. The van der Waals surface area contributed by atoms with Gasteiger partial charge < -0.3 is 15.5 Å². The summed E-state index contributed by atoms with van der Waals surface area (Å²) < 4.78 is 0. The fourth-order valence-corrected chi connectivity index (χ4v) is 5.10. The van der Waals surface area contributed by atoms with Crippen LogP contribution in [-0.2, 0) is 12.8 Å². The lowest BCUT2D eigenvalue weighted by Gasteiger charge is -2.27. The van der Waals surface area contributed by atoms with Crippen LogP contribution in [0.25, 0.3) is 21.5 Å². The molecule has 0 aliphatic carbocycles. The highest BCUT2D eigenvalue weighted by atomic mass is 16.3. The molecule has 5 heteroatoms. The van der Waals surface area contributed by atoms with Gasteiger partial charge in [0.25, 0.3) is 5.91 Å². The Bertz CT molecular complexity index is 1460. The first-order valence-electron chi connectivity index (χ1n) is 13.8. The van der Waals surface area contributed by atoms with Crippen molar-refractivity contribution >= 4 is 27.5 Å². The number of hydrogen-bond donors (Lipinski definition) is 4. The second kappa shape index (κ2) is 11.5. The molecular formula is C34H42N2O3. The van der Waals surface area contributed by atoms with Crippen molar-refractivity contribution in [3.8, 4) is 0 Å². The standard InChI is InChI=1S/C34H42N2O3/c1-33(2,3)35-31(38)29-21-24-13-8-7-12-23(24)19-25(29)17-18-27(37)20-26-16-15-22-11-9-10-14-28(22)30(26)32(39)36-34(4,5)6/h7-16,19,21,27,31,35,37-38H,17-18,20H2,1-6H3,(H,36,39). The molecule has 0 fully saturated rings. The molecule has 0 aliphatic heterocycles. The molecule has 4 rings (SSSR count). The zero-order valence-electron chi connectivity index (χ0n) is 24.0. The summed E-state index contributed by atoms with van der Waals surface area (Å²) in [4.78, 5) is 13.4. The Kier molecular flexibility index (Phi) is 8.45. The van der Waals surface area contributed by atoms with Gasteiger partial charge in [0.05, 0.1) is 11.7 Å². The van der Waals surface area contributed by atoms with Gasteiger partial charge in [0.15, 0.2) is 0 Å². The second-order valence-electron chi connectivity index (χ2n) is 12.6. The van der Waals surface area contributed by atoms with E-state index in [0.29, 0.717) is 24.8 Å². The van der Waals surface area contributed by atoms with Gasteiger partial charge in [-0.1, -0.05) is 66.7 Å². The molecule has 0 saturated heterocycles. The number of nitrogens with one attached hydrogen (secondary N) is 2. The summed E-state index contributed by atoms with van der Waals surface area (Å²) in [7, 11) is 0. The molecule has 4 N–H and O–H groups in total. The maximum Gasteiger partial charge on any atom is 0.252 e. The molecule has 2 unspecified atom stereocenters. The Morgan fingerprint density at radius 2 is 1.38 bits per heavy atom. The number of carbonyl (C=O) groups is 1. The van der Waals surface area contributed by atoms with Crippen LogP contribution in [0.15, 0.2) is 72.8 Å². The summed E-state index contributed by atoms with van der Waals surface area (Å²) in [5.74, 6) is -0.130. The number of fused-ring (bicyclic) bond motifs is 2. The van der Waals surface area contributed by atoms with Crippen LogP contribution >= 0.6 is 0 Å². The lowest BCUT2D eigenvalue weighted by molar-refractivity contribution is 0.0918. The second-order valence-corrected chi connectivity index (χ2v) is 12.6. The Morgan fingerprint density at radius 1 is 0.769 bits per heavy atom. The molecule has 0 bridgehead atoms. The SMILES string of the molecule is CC(C)(C)NC(=O)c1c(CC(O)CCc2cc3ccccc3cc2C(O)NC(C)(C)C)ccc2ccccc12. The highest BCUT2D eigenvalue weighted by Crippen LogP contribution is 2.28. The summed E-state index contributed by atoms with van der Waals surface area (Å²) >= 11 is 0. The lowest BCUT2D eigenvalue weighted by Crippen LogP contribution is -2.41. The summed E-state index contributed by atoms with van der Waals surface area (Å²) in [6, 6.07) is 24.1. The Hall–Kier alpha value is -3.25. The van der Waals surface area contributed by atoms with Crippen LogP contribution in [0.4, 0.5) is 0 Å². The normalized spacial score (nSPS) is 13.9. The summed E-state index contributed by atoms with van der Waals surface area (Å²) in [5.41, 5.74) is 2.64. The van der Waals surface area contributed by atoms with Crippen molar-refractivity contribution < 1.29 is 15.0 Å². The third kappa shape index (κ3) is 7.45. The molecule has 5 nitrogen and oxygen atoms in total. The quantitative estimate of drug-likeness (QED) is 0.199. The van der Waals surface area contributed by atoms with E-state index < -0.39 is 12.3 Å². The number of aryl methyl sites for hydroxylation is 1. The maximum atomic E-state index is 13.4. The molecule has 0 heterocycles. The molecule has 4 aromatic rings. The van der Waals surface area contributed by atoms with E-state index >= 15 is 0 Å². The first kappa shape index (κ1) is 28.8. The average Bonchev–Trinajstić information content (AvgIpc) is 2.84. The lowest BCUT2D eigenvalue weighted by atomic mass is 9.91. The van der Waals surface area contributed by atoms with Gasteiger partial charge in [-0.25, -0.2) is 0 Å². The van der Waals surface area contributed by atoms with E-state index in [4.69, 9.17) is 0 Å². The monoisotopic (exact) mass is 526 g/mol. The first-order chi connectivity index (χ1) is 18.3. The van der Waals surface area contributed by atoms with Crippen LogP contribution < -0.4 is 10.6 Å². The maximum absolute atomic E-state index is 13.4. The number of benzene rings is 4. The van der Waals surface area contributed by atoms with E-state index in [0.717, 1.165) is 38.2 Å². The Morgan fingerprint density at radius 3 is 2.03 bits per heavy atom. The van der Waals surface area contributed by atoms with E-state index in [-0.39, 0.29) is 17.0 Å². The molecule has 0 aliphatic rings. The van der Waals surface area contributed by atoms with Crippen molar-refractivity contribution in [2.45, 2.75) is 84.2 Å². The number of rotatable bonds is 8. The van der Waals surface area contributed by atoms with Crippen molar-refractivity contribution in [1.82, 2.24) is 10.6 Å². The summed E-state index contributed by atoms with van der Waals surface area (Å²) in [5, 5.41) is 32.7. The highest BCUT2D eigenvalue weighted by Gasteiger charge is 2.23. The van der Waals surface area contributed by atoms with E-state index in [1.807, 2.05) is 102 Å². The van der Waals surface area contributed by atoms with Crippen molar-refractivity contribution in [2.24, 2.45) is 0 Å². The van der Waals surface area contributed by atoms with Gasteiger partial charge in [-0.2, -0.15) is 0 Å². The Balaban J connectivity index is 1.60. The molecule has 206 valence electrons. The predicted octanol–water partition coefficient (Wildman–Crippen LogP) is 6.44.